The molecule has 1 N–H and O–H groups in total. The van der Waals surface area contributed by atoms with Gasteiger partial charge in [0.25, 0.3) is 0 Å². The van der Waals surface area contributed by atoms with Gasteiger partial charge >= 0.3 is 6.36 Å². The second-order valence-corrected chi connectivity index (χ2v) is 4.55. The highest BCUT2D eigenvalue weighted by Gasteiger charge is 2.31. The third kappa shape index (κ3) is 2.71. The van der Waals surface area contributed by atoms with E-state index >= 15 is 0 Å². The molecule has 3 rings (SSSR count). The highest BCUT2D eigenvalue weighted by atomic mass is 19.4. The Hall–Kier alpha value is -2.18. The van der Waals surface area contributed by atoms with Crippen molar-refractivity contribution in [3.63, 3.8) is 0 Å². The monoisotopic (exact) mass is 283 g/mol. The molecular formula is C13H12F3N3O. The van der Waals surface area contributed by atoms with E-state index in [-0.39, 0.29) is 11.8 Å². The van der Waals surface area contributed by atoms with Gasteiger partial charge in [-0.05, 0) is 24.1 Å². The third-order valence-corrected chi connectivity index (χ3v) is 3.19. The number of benzene rings is 1. The minimum absolute atomic E-state index is 0.0461. The van der Waals surface area contributed by atoms with E-state index in [4.69, 9.17) is 0 Å². The van der Waals surface area contributed by atoms with Crippen LogP contribution in [0.3, 0.4) is 0 Å². The summed E-state index contributed by atoms with van der Waals surface area (Å²) in [5.74, 6) is 0.565. The number of nitrogens with zero attached hydrogens (tertiary/aromatic N) is 2. The van der Waals surface area contributed by atoms with E-state index < -0.39 is 6.36 Å². The molecule has 1 unspecified atom stereocenters. The highest BCUT2D eigenvalue weighted by molar-refractivity contribution is 5.37. The van der Waals surface area contributed by atoms with Crippen LogP contribution in [0, 0.1) is 0 Å². The molecule has 2 aromatic rings. The minimum Gasteiger partial charge on any atom is -0.406 e. The molecule has 4 nitrogen and oxygen atoms in total. The minimum atomic E-state index is -4.66. The number of aryl methyl sites for hydroxylation is 1. The molecule has 20 heavy (non-hydrogen) atoms. The van der Waals surface area contributed by atoms with E-state index in [2.05, 4.69) is 15.0 Å². The summed E-state index contributed by atoms with van der Waals surface area (Å²) in [6.07, 6.45) is -0.206. The Labute approximate surface area is 113 Å². The number of nitrogens with one attached hydrogen (secondary N) is 1. The molecule has 2 heterocycles. The molecule has 0 radical (unpaired) electrons. The van der Waals surface area contributed by atoms with Crippen molar-refractivity contribution in [1.82, 2.24) is 9.55 Å². The van der Waals surface area contributed by atoms with Crippen molar-refractivity contribution in [2.24, 2.45) is 0 Å². The van der Waals surface area contributed by atoms with Gasteiger partial charge in [-0.25, -0.2) is 4.98 Å². The lowest BCUT2D eigenvalue weighted by Gasteiger charge is -2.26. The molecule has 0 spiro atoms. The standard InChI is InChI=1S/C13H12F3N3O/c14-13(15,16)20-10-3-1-9(2-4-10)11-5-7-19-8-6-17-12(19)18-11/h1-4,6,8,11H,5,7H2,(H,17,18). The lowest BCUT2D eigenvalue weighted by atomic mass is 10.0. The maximum Gasteiger partial charge on any atom is 0.573 e. The summed E-state index contributed by atoms with van der Waals surface area (Å²) in [4.78, 5) is 4.18. The maximum atomic E-state index is 12.1. The fourth-order valence-corrected chi connectivity index (χ4v) is 2.28. The quantitative estimate of drug-likeness (QED) is 0.918. The molecule has 0 amide bonds. The zero-order valence-corrected chi connectivity index (χ0v) is 10.4. The van der Waals surface area contributed by atoms with Crippen LogP contribution in [-0.4, -0.2) is 15.9 Å². The van der Waals surface area contributed by atoms with Gasteiger partial charge < -0.3 is 14.6 Å². The molecular weight excluding hydrogens is 271 g/mol. The molecule has 7 heteroatoms. The lowest BCUT2D eigenvalue weighted by molar-refractivity contribution is -0.274. The van der Waals surface area contributed by atoms with Crippen LogP contribution < -0.4 is 10.1 Å². The van der Waals surface area contributed by atoms with Gasteiger partial charge in [-0.3, -0.25) is 0 Å². The van der Waals surface area contributed by atoms with Gasteiger partial charge in [-0.1, -0.05) is 12.1 Å². The number of hydrogen-bond acceptors (Lipinski definition) is 3. The zero-order chi connectivity index (χ0) is 14.2. The summed E-state index contributed by atoms with van der Waals surface area (Å²) in [6, 6.07) is 5.97. The smallest absolute Gasteiger partial charge is 0.406 e. The Bertz CT molecular complexity index is 592. The number of aromatic nitrogens is 2. The van der Waals surface area contributed by atoms with E-state index in [1.807, 2.05) is 10.8 Å². The number of alkyl halides is 3. The Balaban J connectivity index is 1.73. The van der Waals surface area contributed by atoms with Gasteiger partial charge in [0, 0.05) is 18.9 Å². The first-order valence-electron chi connectivity index (χ1n) is 6.15. The van der Waals surface area contributed by atoms with Crippen LogP contribution >= 0.6 is 0 Å². The van der Waals surface area contributed by atoms with Gasteiger partial charge in [0.05, 0.1) is 6.04 Å². The first kappa shape index (κ1) is 12.8. The number of anilines is 1. The van der Waals surface area contributed by atoms with Crippen molar-refractivity contribution in [2.75, 3.05) is 5.32 Å². The fraction of sp³-hybridized carbons (Fsp3) is 0.308. The van der Waals surface area contributed by atoms with Gasteiger partial charge in [-0.2, -0.15) is 0 Å². The largest absolute Gasteiger partial charge is 0.573 e. The second kappa shape index (κ2) is 4.73. The predicted molar refractivity (Wildman–Crippen MR) is 66.3 cm³/mol. The Morgan fingerprint density at radius 1 is 1.25 bits per heavy atom. The Morgan fingerprint density at radius 2 is 2.00 bits per heavy atom. The van der Waals surface area contributed by atoms with Crippen molar-refractivity contribution in [3.05, 3.63) is 42.2 Å². The summed E-state index contributed by atoms with van der Waals surface area (Å²) >= 11 is 0. The normalized spacial score (nSPS) is 18.2. The molecule has 1 aliphatic heterocycles. The average molecular weight is 283 g/mol. The number of hydrogen-bond donors (Lipinski definition) is 1. The van der Waals surface area contributed by atoms with Crippen LogP contribution in [0.1, 0.15) is 18.0 Å². The first-order chi connectivity index (χ1) is 9.51. The van der Waals surface area contributed by atoms with Crippen LogP contribution in [-0.2, 0) is 6.54 Å². The first-order valence-corrected chi connectivity index (χ1v) is 6.15. The molecule has 1 atom stereocenters. The number of ether oxygens (including phenoxy) is 1. The van der Waals surface area contributed by atoms with Crippen LogP contribution in [0.4, 0.5) is 19.1 Å². The van der Waals surface area contributed by atoms with Crippen molar-refractivity contribution < 1.29 is 17.9 Å². The topological polar surface area (TPSA) is 39.1 Å². The molecule has 0 saturated carbocycles. The van der Waals surface area contributed by atoms with Crippen LogP contribution in [0.25, 0.3) is 0 Å². The molecule has 1 aliphatic rings. The fourth-order valence-electron chi connectivity index (χ4n) is 2.28. The molecule has 0 bridgehead atoms. The van der Waals surface area contributed by atoms with Crippen molar-refractivity contribution in [2.45, 2.75) is 25.4 Å². The third-order valence-electron chi connectivity index (χ3n) is 3.19. The summed E-state index contributed by atoms with van der Waals surface area (Å²) < 4.78 is 42.1. The average Bonchev–Trinajstić information content (AvgIpc) is 2.85. The van der Waals surface area contributed by atoms with Gasteiger partial charge in [-0.15, -0.1) is 13.2 Å². The van der Waals surface area contributed by atoms with Gasteiger partial charge in [0.2, 0.25) is 5.95 Å². The molecule has 0 aliphatic carbocycles. The van der Waals surface area contributed by atoms with E-state index in [9.17, 15) is 13.2 Å². The summed E-state index contributed by atoms with van der Waals surface area (Å²) in [7, 11) is 0. The summed E-state index contributed by atoms with van der Waals surface area (Å²) in [6.45, 7) is 0.827. The summed E-state index contributed by atoms with van der Waals surface area (Å²) in [5, 5.41) is 3.25. The molecule has 106 valence electrons. The van der Waals surface area contributed by atoms with Crippen LogP contribution in [0.5, 0.6) is 5.75 Å². The lowest BCUT2D eigenvalue weighted by Crippen LogP contribution is -2.22. The predicted octanol–water partition coefficient (Wildman–Crippen LogP) is 3.34. The van der Waals surface area contributed by atoms with Crippen molar-refractivity contribution >= 4 is 5.95 Å². The van der Waals surface area contributed by atoms with Gasteiger partial charge in [0.15, 0.2) is 0 Å². The van der Waals surface area contributed by atoms with E-state index in [0.29, 0.717) is 0 Å². The van der Waals surface area contributed by atoms with E-state index in [0.717, 1.165) is 24.5 Å². The van der Waals surface area contributed by atoms with Crippen molar-refractivity contribution in [3.8, 4) is 5.75 Å². The SMILES string of the molecule is FC(F)(F)Oc1ccc(C2CCn3ccnc3N2)cc1. The second-order valence-electron chi connectivity index (χ2n) is 4.55. The highest BCUT2D eigenvalue weighted by Crippen LogP contribution is 2.29. The van der Waals surface area contributed by atoms with E-state index in [1.54, 1.807) is 18.3 Å². The van der Waals surface area contributed by atoms with E-state index in [1.165, 1.54) is 12.1 Å². The Morgan fingerprint density at radius 3 is 2.70 bits per heavy atom. The maximum absolute atomic E-state index is 12.1. The Kier molecular flexibility index (Phi) is 3.04. The zero-order valence-electron chi connectivity index (χ0n) is 10.4. The molecule has 0 saturated heterocycles. The van der Waals surface area contributed by atoms with Crippen molar-refractivity contribution in [1.29, 1.82) is 0 Å². The van der Waals surface area contributed by atoms with Gasteiger partial charge in [0.1, 0.15) is 5.75 Å². The molecule has 1 aromatic carbocycles. The number of halogens is 3. The number of fused-ring (bicyclic) bond motifs is 1. The number of rotatable bonds is 2. The molecule has 1 aromatic heterocycles. The van der Waals surface area contributed by atoms with Crippen LogP contribution in [0.2, 0.25) is 0 Å². The van der Waals surface area contributed by atoms with Crippen LogP contribution in [0.15, 0.2) is 36.7 Å². The summed E-state index contributed by atoms with van der Waals surface area (Å²) in [5.41, 5.74) is 0.911. The molecule has 0 fully saturated rings. The number of imidazole rings is 1.